The maximum Gasteiger partial charge on any atom is 0.329 e. The van der Waals surface area contributed by atoms with E-state index in [1.165, 1.54) is 0 Å². The molecule has 2 rings (SSSR count). The Bertz CT molecular complexity index is 630. The first kappa shape index (κ1) is 15.2. The number of carbonyl (C=O) groups excluding carboxylic acids is 1. The molecule has 0 radical (unpaired) electrons. The molecule has 0 aromatic carbocycles. The number of carboxylic acids is 1. The highest BCUT2D eigenvalue weighted by molar-refractivity contribution is 5.98. The van der Waals surface area contributed by atoms with Gasteiger partial charge in [-0.05, 0) is 32.3 Å². The Kier molecular flexibility index (Phi) is 4.11. The van der Waals surface area contributed by atoms with E-state index in [1.54, 1.807) is 13.8 Å². The minimum atomic E-state index is -1.27. The van der Waals surface area contributed by atoms with Gasteiger partial charge in [0.2, 0.25) is 0 Å². The zero-order valence-electron chi connectivity index (χ0n) is 12.2. The SMILES string of the molecule is Cc1n[nH]c(=O)c(C(=O)NC2(C(=O)O)CCCCC2)c1C. The van der Waals surface area contributed by atoms with Crippen LogP contribution in [-0.2, 0) is 4.79 Å². The largest absolute Gasteiger partial charge is 0.480 e. The van der Waals surface area contributed by atoms with E-state index < -0.39 is 23.0 Å². The first-order chi connectivity index (χ1) is 9.87. The number of nitrogens with zero attached hydrogens (tertiary/aromatic N) is 1. The van der Waals surface area contributed by atoms with Gasteiger partial charge in [0.1, 0.15) is 11.1 Å². The van der Waals surface area contributed by atoms with Crippen LogP contribution in [0.25, 0.3) is 0 Å². The van der Waals surface area contributed by atoms with Gasteiger partial charge in [-0.15, -0.1) is 0 Å². The van der Waals surface area contributed by atoms with Crippen molar-refractivity contribution in [3.05, 3.63) is 27.2 Å². The van der Waals surface area contributed by atoms with Crippen LogP contribution < -0.4 is 10.9 Å². The molecule has 1 fully saturated rings. The van der Waals surface area contributed by atoms with Crippen molar-refractivity contribution in [2.24, 2.45) is 0 Å². The smallest absolute Gasteiger partial charge is 0.329 e. The van der Waals surface area contributed by atoms with Crippen molar-refractivity contribution in [2.75, 3.05) is 0 Å². The molecule has 1 aromatic rings. The zero-order chi connectivity index (χ0) is 15.6. The molecule has 0 atom stereocenters. The van der Waals surface area contributed by atoms with Crippen LogP contribution in [0.3, 0.4) is 0 Å². The van der Waals surface area contributed by atoms with Crippen LogP contribution in [0.5, 0.6) is 0 Å². The lowest BCUT2D eigenvalue weighted by Crippen LogP contribution is -2.56. The number of aliphatic carboxylic acids is 1. The number of aromatic nitrogens is 2. The monoisotopic (exact) mass is 293 g/mol. The molecular weight excluding hydrogens is 274 g/mol. The number of carboxylic acid groups (broad SMARTS) is 1. The van der Waals surface area contributed by atoms with Crippen molar-refractivity contribution in [3.8, 4) is 0 Å². The normalized spacial score (nSPS) is 17.2. The van der Waals surface area contributed by atoms with Crippen molar-refractivity contribution < 1.29 is 14.7 Å². The number of H-pyrrole nitrogens is 1. The predicted molar refractivity (Wildman–Crippen MR) is 75.2 cm³/mol. The maximum absolute atomic E-state index is 12.4. The number of rotatable bonds is 3. The molecule has 1 aromatic heterocycles. The highest BCUT2D eigenvalue weighted by Gasteiger charge is 2.41. The number of amides is 1. The molecule has 1 aliphatic rings. The maximum atomic E-state index is 12.4. The molecular formula is C14H19N3O4. The minimum Gasteiger partial charge on any atom is -0.480 e. The molecule has 1 amide bonds. The summed E-state index contributed by atoms with van der Waals surface area (Å²) >= 11 is 0. The predicted octanol–water partition coefficient (Wildman–Crippen LogP) is 0.904. The van der Waals surface area contributed by atoms with Crippen LogP contribution in [-0.4, -0.2) is 32.7 Å². The average molecular weight is 293 g/mol. The summed E-state index contributed by atoms with van der Waals surface area (Å²) in [7, 11) is 0. The first-order valence-corrected chi connectivity index (χ1v) is 6.99. The molecule has 7 heteroatoms. The Morgan fingerprint density at radius 2 is 1.86 bits per heavy atom. The van der Waals surface area contributed by atoms with Gasteiger partial charge in [0.05, 0.1) is 5.69 Å². The van der Waals surface area contributed by atoms with Crippen molar-refractivity contribution in [1.29, 1.82) is 0 Å². The second kappa shape index (κ2) is 5.67. The second-order valence-corrected chi connectivity index (χ2v) is 5.54. The third-order valence-electron chi connectivity index (χ3n) is 4.17. The van der Waals surface area contributed by atoms with Crippen LogP contribution in [0.4, 0.5) is 0 Å². The van der Waals surface area contributed by atoms with E-state index >= 15 is 0 Å². The van der Waals surface area contributed by atoms with Gasteiger partial charge in [0, 0.05) is 0 Å². The summed E-state index contributed by atoms with van der Waals surface area (Å²) in [5.41, 5.74) is -0.938. The highest BCUT2D eigenvalue weighted by atomic mass is 16.4. The number of carbonyl (C=O) groups is 2. The summed E-state index contributed by atoms with van der Waals surface area (Å²) in [4.78, 5) is 35.8. The average Bonchev–Trinajstić information content (AvgIpc) is 2.44. The van der Waals surface area contributed by atoms with E-state index in [1.807, 2.05) is 0 Å². The summed E-state index contributed by atoms with van der Waals surface area (Å²) in [5, 5.41) is 18.1. The molecule has 0 unspecified atom stereocenters. The van der Waals surface area contributed by atoms with Gasteiger partial charge in [-0.3, -0.25) is 9.59 Å². The van der Waals surface area contributed by atoms with E-state index in [0.29, 0.717) is 24.1 Å². The number of hydrogen-bond donors (Lipinski definition) is 3. The number of aryl methyl sites for hydroxylation is 1. The van der Waals surface area contributed by atoms with Crippen LogP contribution in [0, 0.1) is 13.8 Å². The summed E-state index contributed by atoms with van der Waals surface area (Å²) in [6, 6.07) is 0. The third kappa shape index (κ3) is 2.81. The minimum absolute atomic E-state index is 0.0614. The Balaban J connectivity index is 2.35. The van der Waals surface area contributed by atoms with Gasteiger partial charge in [0.25, 0.3) is 11.5 Å². The number of nitrogens with one attached hydrogen (secondary N) is 2. The molecule has 0 saturated heterocycles. The zero-order valence-corrected chi connectivity index (χ0v) is 12.2. The molecule has 3 N–H and O–H groups in total. The fourth-order valence-corrected chi connectivity index (χ4v) is 2.73. The highest BCUT2D eigenvalue weighted by Crippen LogP contribution is 2.28. The van der Waals surface area contributed by atoms with Gasteiger partial charge in [0.15, 0.2) is 0 Å². The van der Waals surface area contributed by atoms with Crippen LogP contribution in [0.15, 0.2) is 4.79 Å². The van der Waals surface area contributed by atoms with Gasteiger partial charge in [-0.1, -0.05) is 19.3 Å². The molecule has 0 aliphatic heterocycles. The summed E-state index contributed by atoms with van der Waals surface area (Å²) in [6.45, 7) is 3.30. The van der Waals surface area contributed by atoms with E-state index in [0.717, 1.165) is 19.3 Å². The number of hydrogen-bond acceptors (Lipinski definition) is 4. The topological polar surface area (TPSA) is 112 Å². The van der Waals surface area contributed by atoms with E-state index in [2.05, 4.69) is 15.5 Å². The lowest BCUT2D eigenvalue weighted by molar-refractivity contribution is -0.145. The second-order valence-electron chi connectivity index (χ2n) is 5.54. The molecule has 0 bridgehead atoms. The van der Waals surface area contributed by atoms with Crippen LogP contribution in [0.1, 0.15) is 53.7 Å². The van der Waals surface area contributed by atoms with Crippen molar-refractivity contribution >= 4 is 11.9 Å². The molecule has 21 heavy (non-hydrogen) atoms. The summed E-state index contributed by atoms with van der Waals surface area (Å²) in [5.74, 6) is -1.70. The van der Waals surface area contributed by atoms with Crippen molar-refractivity contribution in [1.82, 2.24) is 15.5 Å². The lowest BCUT2D eigenvalue weighted by atomic mass is 9.81. The fourth-order valence-electron chi connectivity index (χ4n) is 2.73. The Morgan fingerprint density at radius 3 is 2.43 bits per heavy atom. The van der Waals surface area contributed by atoms with Gasteiger partial charge in [-0.25, -0.2) is 9.89 Å². The molecule has 1 aliphatic carbocycles. The third-order valence-corrected chi connectivity index (χ3v) is 4.17. The molecule has 1 saturated carbocycles. The van der Waals surface area contributed by atoms with E-state index in [4.69, 9.17) is 0 Å². The molecule has 7 nitrogen and oxygen atoms in total. The number of aromatic amines is 1. The van der Waals surface area contributed by atoms with Crippen molar-refractivity contribution in [2.45, 2.75) is 51.5 Å². The van der Waals surface area contributed by atoms with Gasteiger partial charge in [-0.2, -0.15) is 5.10 Å². The standard InChI is InChI=1S/C14H19N3O4/c1-8-9(2)16-17-12(19)10(8)11(18)15-14(13(20)21)6-4-3-5-7-14/h3-7H2,1-2H3,(H,15,18)(H,17,19)(H,20,21). The van der Waals surface area contributed by atoms with Crippen molar-refractivity contribution in [3.63, 3.8) is 0 Å². The molecule has 114 valence electrons. The lowest BCUT2D eigenvalue weighted by Gasteiger charge is -2.34. The van der Waals surface area contributed by atoms with E-state index in [-0.39, 0.29) is 5.56 Å². The van der Waals surface area contributed by atoms with Gasteiger partial charge >= 0.3 is 5.97 Å². The van der Waals surface area contributed by atoms with Crippen LogP contribution >= 0.6 is 0 Å². The summed E-state index contributed by atoms with van der Waals surface area (Å²) < 4.78 is 0. The van der Waals surface area contributed by atoms with Gasteiger partial charge < -0.3 is 10.4 Å². The Morgan fingerprint density at radius 1 is 1.24 bits per heavy atom. The fraction of sp³-hybridized carbons (Fsp3) is 0.571. The van der Waals surface area contributed by atoms with Crippen LogP contribution in [0.2, 0.25) is 0 Å². The summed E-state index contributed by atoms with van der Waals surface area (Å²) in [6.07, 6.45) is 3.22. The Hall–Kier alpha value is -2.18. The quantitative estimate of drug-likeness (QED) is 0.766. The molecule has 0 spiro atoms. The molecule has 1 heterocycles. The first-order valence-electron chi connectivity index (χ1n) is 6.99. The Labute approximate surface area is 121 Å². The van der Waals surface area contributed by atoms with E-state index in [9.17, 15) is 19.5 Å².